The fraction of sp³-hybridized carbons (Fsp3) is 0.188. The number of amides is 1. The van der Waals surface area contributed by atoms with E-state index in [0.717, 1.165) is 5.56 Å². The number of carbonyl (C=O) groups excluding carboxylic acids is 1. The van der Waals surface area contributed by atoms with E-state index < -0.39 is 0 Å². The summed E-state index contributed by atoms with van der Waals surface area (Å²) in [7, 11) is 0. The van der Waals surface area contributed by atoms with Crippen molar-refractivity contribution in [2.24, 2.45) is 0 Å². The molecule has 1 amide bonds. The summed E-state index contributed by atoms with van der Waals surface area (Å²) in [5.41, 5.74) is 2.07. The molecule has 2 heterocycles. The first-order valence-electron chi connectivity index (χ1n) is 7.36. The molecule has 1 N–H and O–H groups in total. The number of carbonyl (C=O) groups is 1. The van der Waals surface area contributed by atoms with Gasteiger partial charge in [-0.1, -0.05) is 23.7 Å². The minimum Gasteiger partial charge on any atom is -0.321 e. The molecule has 8 heteroatoms. The molecule has 1 aromatic carbocycles. The van der Waals surface area contributed by atoms with Crippen molar-refractivity contribution in [2.45, 2.75) is 20.0 Å². The van der Waals surface area contributed by atoms with E-state index in [1.807, 2.05) is 31.2 Å². The van der Waals surface area contributed by atoms with Gasteiger partial charge in [0, 0.05) is 24.6 Å². The van der Waals surface area contributed by atoms with Crippen molar-refractivity contribution in [2.75, 3.05) is 5.32 Å². The first-order valence-corrected chi connectivity index (χ1v) is 8.53. The Bertz CT molecular complexity index is 873. The summed E-state index contributed by atoms with van der Waals surface area (Å²) >= 11 is 9.23. The van der Waals surface area contributed by atoms with Gasteiger partial charge in [-0.3, -0.25) is 14.2 Å². The van der Waals surface area contributed by atoms with Gasteiger partial charge in [-0.15, -0.1) is 0 Å². The van der Waals surface area contributed by atoms with E-state index >= 15 is 0 Å². The number of hydrogen-bond acceptors (Lipinski definition) is 3. The van der Waals surface area contributed by atoms with Crippen LogP contribution in [0.4, 0.5) is 5.69 Å². The molecule has 0 spiro atoms. The Balaban J connectivity index is 1.74. The van der Waals surface area contributed by atoms with E-state index in [4.69, 9.17) is 11.6 Å². The van der Waals surface area contributed by atoms with Gasteiger partial charge in [0.1, 0.15) is 0 Å². The Hall–Kier alpha value is -2.12. The summed E-state index contributed by atoms with van der Waals surface area (Å²) in [6.45, 7) is 3.24. The number of halogens is 2. The summed E-state index contributed by atoms with van der Waals surface area (Å²) in [5, 5.41) is 11.9. The van der Waals surface area contributed by atoms with Gasteiger partial charge in [0.2, 0.25) is 0 Å². The van der Waals surface area contributed by atoms with E-state index in [1.54, 1.807) is 28.0 Å². The zero-order chi connectivity index (χ0) is 17.1. The lowest BCUT2D eigenvalue weighted by atomic mass is 10.2. The van der Waals surface area contributed by atoms with Gasteiger partial charge in [0.15, 0.2) is 5.69 Å². The number of benzene rings is 1. The highest BCUT2D eigenvalue weighted by molar-refractivity contribution is 9.10. The van der Waals surface area contributed by atoms with E-state index in [-0.39, 0.29) is 5.91 Å². The third-order valence-corrected chi connectivity index (χ3v) is 4.16. The SMILES string of the molecule is CCn1cc(Br)c(C(=O)Nc2cccc(Cn3cc(Cl)cn3)c2)n1. The maximum Gasteiger partial charge on any atom is 0.277 e. The van der Waals surface area contributed by atoms with Gasteiger partial charge in [-0.05, 0) is 40.5 Å². The highest BCUT2D eigenvalue weighted by atomic mass is 79.9. The predicted molar refractivity (Wildman–Crippen MR) is 96.3 cm³/mol. The van der Waals surface area contributed by atoms with Gasteiger partial charge in [0.25, 0.3) is 5.91 Å². The molecule has 0 aliphatic heterocycles. The van der Waals surface area contributed by atoms with E-state index in [9.17, 15) is 4.79 Å². The lowest BCUT2D eigenvalue weighted by molar-refractivity contribution is 0.102. The molecule has 3 rings (SSSR count). The molecule has 3 aromatic rings. The fourth-order valence-electron chi connectivity index (χ4n) is 2.26. The summed E-state index contributed by atoms with van der Waals surface area (Å²) in [6.07, 6.45) is 5.13. The van der Waals surface area contributed by atoms with Gasteiger partial charge in [-0.25, -0.2) is 0 Å². The van der Waals surface area contributed by atoms with Crippen LogP contribution in [0, 0.1) is 0 Å². The topological polar surface area (TPSA) is 64.7 Å². The van der Waals surface area contributed by atoms with Crippen molar-refractivity contribution in [1.29, 1.82) is 0 Å². The number of rotatable bonds is 5. The molecule has 0 unspecified atom stereocenters. The van der Waals surface area contributed by atoms with Crippen LogP contribution < -0.4 is 5.32 Å². The van der Waals surface area contributed by atoms with Crippen molar-refractivity contribution < 1.29 is 4.79 Å². The molecule has 0 atom stereocenters. The van der Waals surface area contributed by atoms with Crippen LogP contribution in [0.1, 0.15) is 23.0 Å². The fourth-order valence-corrected chi connectivity index (χ4v) is 2.91. The molecule has 0 radical (unpaired) electrons. The zero-order valence-electron chi connectivity index (χ0n) is 12.9. The molecule has 0 fully saturated rings. The average Bonchev–Trinajstić information content (AvgIpc) is 3.13. The highest BCUT2D eigenvalue weighted by Crippen LogP contribution is 2.18. The van der Waals surface area contributed by atoms with E-state index in [0.29, 0.717) is 34.0 Å². The zero-order valence-corrected chi connectivity index (χ0v) is 15.3. The normalized spacial score (nSPS) is 10.8. The Morgan fingerprint density at radius 3 is 2.83 bits per heavy atom. The van der Waals surface area contributed by atoms with Crippen LogP contribution in [0.2, 0.25) is 5.02 Å². The molecule has 2 aromatic heterocycles. The molecule has 0 saturated heterocycles. The lowest BCUT2D eigenvalue weighted by Gasteiger charge is -2.07. The van der Waals surface area contributed by atoms with Gasteiger partial charge < -0.3 is 5.32 Å². The number of hydrogen-bond donors (Lipinski definition) is 1. The second-order valence-corrected chi connectivity index (χ2v) is 6.48. The van der Waals surface area contributed by atoms with E-state index in [1.165, 1.54) is 0 Å². The Labute approximate surface area is 152 Å². The maximum atomic E-state index is 12.4. The number of nitrogens with zero attached hydrogens (tertiary/aromatic N) is 4. The number of aromatic nitrogens is 4. The van der Waals surface area contributed by atoms with Gasteiger partial charge in [0.05, 0.1) is 22.2 Å². The molecule has 6 nitrogen and oxygen atoms in total. The summed E-state index contributed by atoms with van der Waals surface area (Å²) in [5.74, 6) is -0.256. The van der Waals surface area contributed by atoms with Gasteiger partial charge in [-0.2, -0.15) is 10.2 Å². The molecule has 0 bridgehead atoms. The van der Waals surface area contributed by atoms with Crippen molar-refractivity contribution in [1.82, 2.24) is 19.6 Å². The number of anilines is 1. The van der Waals surface area contributed by atoms with Crippen molar-refractivity contribution >= 4 is 39.1 Å². The number of nitrogens with one attached hydrogen (secondary N) is 1. The molecule has 24 heavy (non-hydrogen) atoms. The van der Waals surface area contributed by atoms with Crippen LogP contribution in [-0.4, -0.2) is 25.5 Å². The van der Waals surface area contributed by atoms with Crippen LogP contribution in [0.5, 0.6) is 0 Å². The predicted octanol–water partition coefficient (Wildman–Crippen LogP) is 3.82. The smallest absolute Gasteiger partial charge is 0.277 e. The molecular formula is C16H15BrClN5O. The molecule has 0 saturated carbocycles. The molecule has 124 valence electrons. The van der Waals surface area contributed by atoms with Crippen LogP contribution >= 0.6 is 27.5 Å². The van der Waals surface area contributed by atoms with Crippen molar-refractivity contribution in [3.8, 4) is 0 Å². The Kier molecular flexibility index (Phi) is 5.01. The molecule has 0 aliphatic carbocycles. The third kappa shape index (κ3) is 3.85. The summed E-state index contributed by atoms with van der Waals surface area (Å²) < 4.78 is 4.11. The van der Waals surface area contributed by atoms with Gasteiger partial charge >= 0.3 is 0 Å². The Morgan fingerprint density at radius 1 is 1.33 bits per heavy atom. The Morgan fingerprint density at radius 2 is 2.17 bits per heavy atom. The minimum atomic E-state index is -0.256. The number of aryl methyl sites for hydroxylation is 1. The monoisotopic (exact) mass is 407 g/mol. The van der Waals surface area contributed by atoms with Crippen LogP contribution in [0.3, 0.4) is 0 Å². The maximum absolute atomic E-state index is 12.4. The lowest BCUT2D eigenvalue weighted by Crippen LogP contribution is -2.14. The first kappa shape index (κ1) is 16.7. The van der Waals surface area contributed by atoms with Crippen molar-refractivity contribution in [3.63, 3.8) is 0 Å². The first-order chi connectivity index (χ1) is 11.5. The molecule has 0 aliphatic rings. The molecular weight excluding hydrogens is 394 g/mol. The minimum absolute atomic E-state index is 0.256. The van der Waals surface area contributed by atoms with Crippen LogP contribution in [0.15, 0.2) is 47.3 Å². The van der Waals surface area contributed by atoms with Crippen molar-refractivity contribution in [3.05, 3.63) is 63.6 Å². The standard InChI is InChI=1S/C16H15BrClN5O/c1-2-22-10-14(17)15(21-22)16(24)20-13-5-3-4-11(6-13)8-23-9-12(18)7-19-23/h3-7,9-10H,2,8H2,1H3,(H,20,24). The summed E-state index contributed by atoms with van der Waals surface area (Å²) in [4.78, 5) is 12.4. The largest absolute Gasteiger partial charge is 0.321 e. The van der Waals surface area contributed by atoms with Crippen LogP contribution in [0.25, 0.3) is 0 Å². The van der Waals surface area contributed by atoms with Crippen LogP contribution in [-0.2, 0) is 13.1 Å². The third-order valence-electron chi connectivity index (χ3n) is 3.39. The second-order valence-electron chi connectivity index (χ2n) is 5.19. The van der Waals surface area contributed by atoms with E-state index in [2.05, 4.69) is 31.4 Å². The quantitative estimate of drug-likeness (QED) is 0.698. The second kappa shape index (κ2) is 7.19. The summed E-state index contributed by atoms with van der Waals surface area (Å²) in [6, 6.07) is 7.59. The highest BCUT2D eigenvalue weighted by Gasteiger charge is 2.15. The average molecular weight is 409 g/mol.